The highest BCUT2D eigenvalue weighted by Gasteiger charge is 2.26. The standard InChI is InChI=1S/C27H27N5O3S/c1-17-12-19-6-3-7-24(19)26(25(17)20-9-11-32-22(13-20)8-10-29-32)30-27(33)31-36(34,35)23-14-21(15-28-16-23)18-4-2-5-18/h8-16,18H,2-7H2,1H3,(H2,30,31,33). The second-order valence-electron chi connectivity index (χ2n) is 9.69. The van der Waals surface area contributed by atoms with Crippen LogP contribution in [0.3, 0.4) is 0 Å². The Morgan fingerprint density at radius 3 is 2.75 bits per heavy atom. The molecule has 3 heterocycles. The predicted octanol–water partition coefficient (Wildman–Crippen LogP) is 4.97. The molecule has 6 rings (SSSR count). The highest BCUT2D eigenvalue weighted by molar-refractivity contribution is 7.90. The molecule has 0 unspecified atom stereocenters. The lowest BCUT2D eigenvalue weighted by Gasteiger charge is -2.25. The normalized spacial score (nSPS) is 15.5. The summed E-state index contributed by atoms with van der Waals surface area (Å²) < 4.78 is 30.1. The number of nitrogens with one attached hydrogen (secondary N) is 2. The van der Waals surface area contributed by atoms with Crippen LogP contribution in [0.1, 0.15) is 53.9 Å². The van der Waals surface area contributed by atoms with Gasteiger partial charge in [-0.15, -0.1) is 0 Å². The molecule has 1 fully saturated rings. The van der Waals surface area contributed by atoms with Gasteiger partial charge in [-0.05, 0) is 97.0 Å². The molecule has 9 heteroatoms. The molecule has 0 saturated heterocycles. The Balaban J connectivity index is 1.33. The monoisotopic (exact) mass is 501 g/mol. The number of sulfonamides is 1. The molecule has 2 amide bonds. The number of anilines is 1. The van der Waals surface area contributed by atoms with Crippen molar-refractivity contribution in [2.75, 3.05) is 5.32 Å². The lowest BCUT2D eigenvalue weighted by atomic mass is 9.81. The first-order valence-electron chi connectivity index (χ1n) is 12.3. The minimum Gasteiger partial charge on any atom is -0.306 e. The Morgan fingerprint density at radius 1 is 1.08 bits per heavy atom. The molecule has 4 aromatic rings. The number of rotatable bonds is 5. The van der Waals surface area contributed by atoms with E-state index in [1.807, 2.05) is 31.3 Å². The van der Waals surface area contributed by atoms with E-state index in [-0.39, 0.29) is 4.90 Å². The Kier molecular flexibility index (Phi) is 5.52. The third-order valence-electron chi connectivity index (χ3n) is 7.37. The number of urea groups is 1. The SMILES string of the molecule is Cc1cc2c(c(NC(=O)NS(=O)(=O)c3cncc(C4CCC4)c3)c1-c1ccn3nccc3c1)CCC2. The zero-order valence-electron chi connectivity index (χ0n) is 20.0. The van der Waals surface area contributed by atoms with Gasteiger partial charge >= 0.3 is 6.03 Å². The fourth-order valence-electron chi connectivity index (χ4n) is 5.35. The molecule has 1 saturated carbocycles. The maximum atomic E-state index is 13.1. The van der Waals surface area contributed by atoms with Gasteiger partial charge in [-0.3, -0.25) is 4.98 Å². The molecule has 0 aliphatic heterocycles. The lowest BCUT2D eigenvalue weighted by molar-refractivity contribution is 0.256. The molecule has 0 bridgehead atoms. The van der Waals surface area contributed by atoms with Gasteiger partial charge in [-0.1, -0.05) is 12.5 Å². The van der Waals surface area contributed by atoms with Crippen molar-refractivity contribution in [2.45, 2.75) is 56.3 Å². The average Bonchev–Trinajstić information content (AvgIpc) is 3.46. The molecule has 0 atom stereocenters. The number of benzene rings is 1. The van der Waals surface area contributed by atoms with Gasteiger partial charge in [0.2, 0.25) is 0 Å². The van der Waals surface area contributed by atoms with E-state index in [0.717, 1.165) is 71.9 Å². The van der Waals surface area contributed by atoms with Gasteiger partial charge in [0.1, 0.15) is 4.90 Å². The maximum absolute atomic E-state index is 13.1. The summed E-state index contributed by atoms with van der Waals surface area (Å²) in [5.41, 5.74) is 7.60. The minimum atomic E-state index is -4.08. The number of carbonyl (C=O) groups excluding carboxylic acids is 1. The highest BCUT2D eigenvalue weighted by Crippen LogP contribution is 2.40. The Labute approximate surface area is 209 Å². The van der Waals surface area contributed by atoms with Crippen molar-refractivity contribution < 1.29 is 13.2 Å². The first kappa shape index (κ1) is 22.7. The van der Waals surface area contributed by atoms with E-state index in [2.05, 4.69) is 26.2 Å². The summed E-state index contributed by atoms with van der Waals surface area (Å²) >= 11 is 0. The van der Waals surface area contributed by atoms with E-state index in [1.54, 1.807) is 23.0 Å². The van der Waals surface area contributed by atoms with Gasteiger partial charge in [-0.25, -0.2) is 22.4 Å². The van der Waals surface area contributed by atoms with Gasteiger partial charge < -0.3 is 5.32 Å². The van der Waals surface area contributed by atoms with Crippen LogP contribution in [0.4, 0.5) is 10.5 Å². The van der Waals surface area contributed by atoms with Crippen LogP contribution in [-0.2, 0) is 22.9 Å². The first-order chi connectivity index (χ1) is 17.4. The van der Waals surface area contributed by atoms with Crippen molar-refractivity contribution in [1.82, 2.24) is 19.3 Å². The molecule has 184 valence electrons. The third kappa shape index (κ3) is 4.03. The molecule has 2 aliphatic rings. The van der Waals surface area contributed by atoms with Crippen molar-refractivity contribution >= 4 is 27.3 Å². The van der Waals surface area contributed by atoms with E-state index in [4.69, 9.17) is 0 Å². The van der Waals surface area contributed by atoms with Crippen LogP contribution in [0, 0.1) is 6.92 Å². The van der Waals surface area contributed by atoms with Crippen LogP contribution >= 0.6 is 0 Å². The number of hydrogen-bond acceptors (Lipinski definition) is 5. The van der Waals surface area contributed by atoms with Crippen molar-refractivity contribution in [1.29, 1.82) is 0 Å². The van der Waals surface area contributed by atoms with Gasteiger partial charge in [0, 0.05) is 30.4 Å². The fourth-order valence-corrected chi connectivity index (χ4v) is 6.25. The molecule has 0 radical (unpaired) electrons. The summed E-state index contributed by atoms with van der Waals surface area (Å²) in [5, 5.41) is 7.17. The average molecular weight is 502 g/mol. The molecule has 2 N–H and O–H groups in total. The third-order valence-corrected chi connectivity index (χ3v) is 8.67. The van der Waals surface area contributed by atoms with Crippen LogP contribution in [0.15, 0.2) is 60.0 Å². The zero-order chi connectivity index (χ0) is 24.9. The number of hydrogen-bond donors (Lipinski definition) is 2. The van der Waals surface area contributed by atoms with E-state index >= 15 is 0 Å². The number of fused-ring (bicyclic) bond motifs is 2. The van der Waals surface area contributed by atoms with Crippen molar-refractivity contribution in [3.05, 3.63) is 77.4 Å². The number of carbonyl (C=O) groups is 1. The van der Waals surface area contributed by atoms with Gasteiger partial charge in [0.05, 0.1) is 11.2 Å². The van der Waals surface area contributed by atoms with Crippen LogP contribution in [-0.4, -0.2) is 29.0 Å². The van der Waals surface area contributed by atoms with E-state index in [9.17, 15) is 13.2 Å². The topological polar surface area (TPSA) is 105 Å². The van der Waals surface area contributed by atoms with Gasteiger partial charge in [-0.2, -0.15) is 5.10 Å². The molecule has 0 spiro atoms. The molecule has 1 aromatic carbocycles. The van der Waals surface area contributed by atoms with Crippen LogP contribution in [0.2, 0.25) is 0 Å². The van der Waals surface area contributed by atoms with Crippen molar-refractivity contribution in [2.24, 2.45) is 0 Å². The molecule has 2 aliphatic carbocycles. The van der Waals surface area contributed by atoms with Crippen LogP contribution in [0.25, 0.3) is 16.6 Å². The number of amides is 2. The smallest absolute Gasteiger partial charge is 0.306 e. The molecular formula is C27H27N5O3S. The predicted molar refractivity (Wildman–Crippen MR) is 138 cm³/mol. The second-order valence-corrected chi connectivity index (χ2v) is 11.4. The molecule has 36 heavy (non-hydrogen) atoms. The summed E-state index contributed by atoms with van der Waals surface area (Å²) in [4.78, 5) is 17.2. The van der Waals surface area contributed by atoms with E-state index in [1.165, 1.54) is 11.8 Å². The van der Waals surface area contributed by atoms with Gasteiger partial charge in [0.15, 0.2) is 0 Å². The van der Waals surface area contributed by atoms with Gasteiger partial charge in [0.25, 0.3) is 10.0 Å². The molecule has 8 nitrogen and oxygen atoms in total. The summed E-state index contributed by atoms with van der Waals surface area (Å²) in [6.45, 7) is 2.02. The first-order valence-corrected chi connectivity index (χ1v) is 13.8. The summed E-state index contributed by atoms with van der Waals surface area (Å²) in [7, 11) is -4.08. The van der Waals surface area contributed by atoms with Crippen molar-refractivity contribution in [3.8, 4) is 11.1 Å². The van der Waals surface area contributed by atoms with Crippen LogP contribution in [0.5, 0.6) is 0 Å². The quantitative estimate of drug-likeness (QED) is 0.402. The fraction of sp³-hybridized carbons (Fsp3) is 0.296. The Hall–Kier alpha value is -3.72. The van der Waals surface area contributed by atoms with E-state index < -0.39 is 16.1 Å². The van der Waals surface area contributed by atoms with Crippen molar-refractivity contribution in [3.63, 3.8) is 0 Å². The summed E-state index contributed by atoms with van der Waals surface area (Å²) in [5.74, 6) is 0.340. The lowest BCUT2D eigenvalue weighted by Crippen LogP contribution is -2.35. The summed E-state index contributed by atoms with van der Waals surface area (Å²) in [6, 6.07) is 8.92. The Morgan fingerprint density at radius 2 is 1.94 bits per heavy atom. The molecule has 3 aromatic heterocycles. The largest absolute Gasteiger partial charge is 0.333 e. The Bertz CT molecular complexity index is 1610. The number of pyridine rings is 2. The van der Waals surface area contributed by atoms with E-state index in [0.29, 0.717) is 11.6 Å². The highest BCUT2D eigenvalue weighted by atomic mass is 32.2. The number of nitrogens with zero attached hydrogens (tertiary/aromatic N) is 3. The second kappa shape index (κ2) is 8.74. The molecular weight excluding hydrogens is 474 g/mol. The zero-order valence-corrected chi connectivity index (χ0v) is 20.8. The maximum Gasteiger partial charge on any atom is 0.333 e. The number of aromatic nitrogens is 3. The number of aryl methyl sites for hydroxylation is 2. The minimum absolute atomic E-state index is 0.00271. The summed E-state index contributed by atoms with van der Waals surface area (Å²) in [6.07, 6.45) is 12.6. The van der Waals surface area contributed by atoms with Crippen LogP contribution < -0.4 is 10.0 Å².